The van der Waals surface area contributed by atoms with Gasteiger partial charge in [-0.25, -0.2) is 8.42 Å². The van der Waals surface area contributed by atoms with Gasteiger partial charge in [-0.1, -0.05) is 6.92 Å². The molecule has 0 amide bonds. The van der Waals surface area contributed by atoms with Gasteiger partial charge in [0.25, 0.3) is 0 Å². The number of thiophene rings is 1. The van der Waals surface area contributed by atoms with E-state index in [4.69, 9.17) is 10.2 Å². The normalized spacial score (nSPS) is 12.2. The number of furan rings is 1. The first-order valence-corrected chi connectivity index (χ1v) is 8.20. The van der Waals surface area contributed by atoms with E-state index in [1.54, 1.807) is 30.5 Å². The molecule has 104 valence electrons. The summed E-state index contributed by atoms with van der Waals surface area (Å²) in [6, 6.07) is 5.13. The summed E-state index contributed by atoms with van der Waals surface area (Å²) in [5.41, 5.74) is 5.51. The summed E-state index contributed by atoms with van der Waals surface area (Å²) < 4.78 is 31.5. The van der Waals surface area contributed by atoms with Crippen LogP contribution in [0.4, 0.5) is 0 Å². The lowest BCUT2D eigenvalue weighted by Gasteiger charge is -2.18. The summed E-state index contributed by atoms with van der Waals surface area (Å²) >= 11 is 1.36. The Hall–Kier alpha value is -1.15. The second-order valence-corrected chi connectivity index (χ2v) is 6.90. The number of hydrogen-bond acceptors (Lipinski definition) is 5. The van der Waals surface area contributed by atoms with Crippen LogP contribution in [0.15, 0.2) is 39.2 Å². The van der Waals surface area contributed by atoms with Crippen LogP contribution >= 0.6 is 11.3 Å². The standard InChI is InChI=1S/C12H16N2O3S2/c1-2-14(8-10-4-3-5-17-10)19(15,16)12-6-11(7-13)18-9-12/h3-6,9H,2,7-8,13H2,1H3. The Balaban J connectivity index is 2.25. The third-order valence-electron chi connectivity index (χ3n) is 2.73. The van der Waals surface area contributed by atoms with E-state index in [2.05, 4.69) is 0 Å². The zero-order chi connectivity index (χ0) is 13.9. The minimum atomic E-state index is -3.49. The van der Waals surface area contributed by atoms with Gasteiger partial charge in [-0.05, 0) is 18.2 Å². The monoisotopic (exact) mass is 300 g/mol. The Morgan fingerprint density at radius 3 is 2.79 bits per heavy atom. The van der Waals surface area contributed by atoms with Crippen LogP contribution in [-0.2, 0) is 23.1 Å². The average Bonchev–Trinajstić information content (AvgIpc) is 3.06. The van der Waals surface area contributed by atoms with Crippen molar-refractivity contribution in [3.05, 3.63) is 40.5 Å². The summed E-state index contributed by atoms with van der Waals surface area (Å²) in [4.78, 5) is 1.15. The van der Waals surface area contributed by atoms with Crippen LogP contribution in [-0.4, -0.2) is 19.3 Å². The Morgan fingerprint density at radius 2 is 2.26 bits per heavy atom. The molecule has 0 saturated heterocycles. The van der Waals surface area contributed by atoms with Crippen molar-refractivity contribution in [1.82, 2.24) is 4.31 Å². The van der Waals surface area contributed by atoms with Gasteiger partial charge in [-0.3, -0.25) is 0 Å². The largest absolute Gasteiger partial charge is 0.468 e. The first-order chi connectivity index (χ1) is 9.07. The molecule has 2 N–H and O–H groups in total. The molecule has 2 aromatic rings. The van der Waals surface area contributed by atoms with E-state index in [1.165, 1.54) is 21.9 Å². The lowest BCUT2D eigenvalue weighted by molar-refractivity contribution is 0.375. The Labute approximate surface area is 116 Å². The van der Waals surface area contributed by atoms with Crippen LogP contribution in [0.25, 0.3) is 0 Å². The number of sulfonamides is 1. The molecule has 7 heteroatoms. The second kappa shape index (κ2) is 5.87. The molecule has 0 spiro atoms. The molecular formula is C12H16N2O3S2. The summed E-state index contributed by atoms with van der Waals surface area (Å²) in [5, 5.41) is 1.63. The molecule has 2 heterocycles. The van der Waals surface area contributed by atoms with Crippen molar-refractivity contribution >= 4 is 21.4 Å². The van der Waals surface area contributed by atoms with Crippen molar-refractivity contribution in [1.29, 1.82) is 0 Å². The summed E-state index contributed by atoms with van der Waals surface area (Å²) in [5.74, 6) is 0.625. The molecule has 2 aromatic heterocycles. The zero-order valence-electron chi connectivity index (χ0n) is 10.6. The third-order valence-corrected chi connectivity index (χ3v) is 5.74. The summed E-state index contributed by atoms with van der Waals surface area (Å²) in [6.07, 6.45) is 1.53. The van der Waals surface area contributed by atoms with Gasteiger partial charge < -0.3 is 10.2 Å². The zero-order valence-corrected chi connectivity index (χ0v) is 12.2. The molecule has 0 aliphatic rings. The van der Waals surface area contributed by atoms with Crippen LogP contribution in [0.2, 0.25) is 0 Å². The number of hydrogen-bond donors (Lipinski definition) is 1. The van der Waals surface area contributed by atoms with Crippen molar-refractivity contribution in [2.24, 2.45) is 5.73 Å². The van der Waals surface area contributed by atoms with Crippen molar-refractivity contribution < 1.29 is 12.8 Å². The minimum Gasteiger partial charge on any atom is -0.468 e. The van der Waals surface area contributed by atoms with Gasteiger partial charge in [0.1, 0.15) is 5.76 Å². The molecule has 0 saturated carbocycles. The molecule has 0 aliphatic carbocycles. The number of nitrogens with two attached hydrogens (primary N) is 1. The fraction of sp³-hybridized carbons (Fsp3) is 0.333. The smallest absolute Gasteiger partial charge is 0.244 e. The van der Waals surface area contributed by atoms with Crippen molar-refractivity contribution in [2.75, 3.05) is 6.54 Å². The van der Waals surface area contributed by atoms with Crippen LogP contribution in [0, 0.1) is 0 Å². The molecule has 19 heavy (non-hydrogen) atoms. The highest BCUT2D eigenvalue weighted by atomic mass is 32.2. The van der Waals surface area contributed by atoms with Crippen LogP contribution < -0.4 is 5.73 Å². The maximum Gasteiger partial charge on any atom is 0.244 e. The quantitative estimate of drug-likeness (QED) is 0.885. The van der Waals surface area contributed by atoms with E-state index in [1.807, 2.05) is 0 Å². The molecule has 0 bridgehead atoms. The van der Waals surface area contributed by atoms with Crippen molar-refractivity contribution in [2.45, 2.75) is 24.9 Å². The number of nitrogens with zero attached hydrogens (tertiary/aromatic N) is 1. The predicted molar refractivity (Wildman–Crippen MR) is 74.2 cm³/mol. The van der Waals surface area contributed by atoms with E-state index in [-0.39, 0.29) is 6.54 Å². The molecule has 2 rings (SSSR count). The van der Waals surface area contributed by atoms with Crippen LogP contribution in [0.3, 0.4) is 0 Å². The highest BCUT2D eigenvalue weighted by Crippen LogP contribution is 2.23. The first-order valence-electron chi connectivity index (χ1n) is 5.88. The second-order valence-electron chi connectivity index (χ2n) is 3.96. The lowest BCUT2D eigenvalue weighted by Crippen LogP contribution is -2.30. The van der Waals surface area contributed by atoms with E-state index >= 15 is 0 Å². The van der Waals surface area contributed by atoms with Crippen LogP contribution in [0.5, 0.6) is 0 Å². The third kappa shape index (κ3) is 3.06. The topological polar surface area (TPSA) is 76.5 Å². The van der Waals surface area contributed by atoms with Gasteiger partial charge in [-0.2, -0.15) is 4.31 Å². The maximum absolute atomic E-state index is 12.5. The molecule has 0 radical (unpaired) electrons. The fourth-order valence-electron chi connectivity index (χ4n) is 1.69. The first kappa shape index (κ1) is 14.3. The van der Waals surface area contributed by atoms with Crippen LogP contribution in [0.1, 0.15) is 17.6 Å². The van der Waals surface area contributed by atoms with E-state index in [0.717, 1.165) is 4.88 Å². The van der Waals surface area contributed by atoms with Gasteiger partial charge in [0.2, 0.25) is 10.0 Å². The van der Waals surface area contributed by atoms with E-state index in [9.17, 15) is 8.42 Å². The Kier molecular flexibility index (Phi) is 4.41. The molecule has 0 atom stereocenters. The molecule has 0 fully saturated rings. The van der Waals surface area contributed by atoms with Gasteiger partial charge >= 0.3 is 0 Å². The van der Waals surface area contributed by atoms with Gasteiger partial charge in [0.05, 0.1) is 17.7 Å². The lowest BCUT2D eigenvalue weighted by atomic mass is 10.4. The predicted octanol–water partition coefficient (Wildman–Crippen LogP) is 2.01. The SMILES string of the molecule is CCN(Cc1ccco1)S(=O)(=O)c1csc(CN)c1. The average molecular weight is 300 g/mol. The van der Waals surface area contributed by atoms with Gasteiger partial charge in [0.15, 0.2) is 0 Å². The summed E-state index contributed by atoms with van der Waals surface area (Å²) in [6.45, 7) is 2.78. The van der Waals surface area contributed by atoms with E-state index < -0.39 is 10.0 Å². The van der Waals surface area contributed by atoms with E-state index in [0.29, 0.717) is 23.7 Å². The molecule has 0 aromatic carbocycles. The molecular weight excluding hydrogens is 284 g/mol. The Bertz CT molecular complexity index is 617. The van der Waals surface area contributed by atoms with Gasteiger partial charge in [-0.15, -0.1) is 11.3 Å². The summed E-state index contributed by atoms with van der Waals surface area (Å²) in [7, 11) is -3.49. The highest BCUT2D eigenvalue weighted by molar-refractivity contribution is 7.89. The van der Waals surface area contributed by atoms with Gasteiger partial charge in [0, 0.05) is 23.3 Å². The maximum atomic E-state index is 12.5. The van der Waals surface area contributed by atoms with Crippen molar-refractivity contribution in [3.8, 4) is 0 Å². The molecule has 0 aliphatic heterocycles. The highest BCUT2D eigenvalue weighted by Gasteiger charge is 2.25. The fourth-order valence-corrected chi connectivity index (χ4v) is 4.25. The van der Waals surface area contributed by atoms with Crippen molar-refractivity contribution in [3.63, 3.8) is 0 Å². The molecule has 5 nitrogen and oxygen atoms in total. The molecule has 0 unspecified atom stereocenters. The minimum absolute atomic E-state index is 0.236. The number of rotatable bonds is 6. The Morgan fingerprint density at radius 1 is 1.47 bits per heavy atom.